The molecule has 2 saturated heterocycles. The van der Waals surface area contributed by atoms with Crippen LogP contribution in [0.4, 0.5) is 0 Å². The van der Waals surface area contributed by atoms with Crippen LogP contribution in [-0.4, -0.2) is 71.8 Å². The number of ether oxygens (including phenoxy) is 4. The molecule has 1 unspecified atom stereocenters. The lowest BCUT2D eigenvalue weighted by Gasteiger charge is -2.37. The maximum Gasteiger partial charge on any atom is 0.198 e. The lowest BCUT2D eigenvalue weighted by atomic mass is 9.91. The van der Waals surface area contributed by atoms with E-state index in [9.17, 15) is 20.4 Å². The molecule has 0 saturated carbocycles. The summed E-state index contributed by atoms with van der Waals surface area (Å²) in [5.41, 5.74) is 0.559. The third kappa shape index (κ3) is 2.65. The highest BCUT2D eigenvalue weighted by molar-refractivity contribution is 5.44. The number of hydrogen-bond acceptors (Lipinski definition) is 8. The van der Waals surface area contributed by atoms with E-state index in [1.807, 2.05) is 0 Å². The van der Waals surface area contributed by atoms with Crippen LogP contribution in [0, 0.1) is 0 Å². The molecule has 1 aromatic rings. The summed E-state index contributed by atoms with van der Waals surface area (Å²) in [7, 11) is 3.01. The van der Waals surface area contributed by atoms with E-state index in [1.54, 1.807) is 18.2 Å². The Kier molecular flexibility index (Phi) is 4.69. The van der Waals surface area contributed by atoms with Gasteiger partial charge in [-0.2, -0.15) is 0 Å². The standard InChI is InChI=1S/C16H22O8/c1-21-11-4-3-8(5-12(11)22-2)16-6-9(18)13(20)15(24-16)14(23-16)10(19)7-17/h3-5,9-10,13-15,17-20H,6-7H2,1-2H3/t9-,10-,13-,14?,15+,16-/m1/s1. The monoisotopic (exact) mass is 342 g/mol. The highest BCUT2D eigenvalue weighted by atomic mass is 16.8. The molecule has 0 spiro atoms. The molecule has 8 nitrogen and oxygen atoms in total. The quantitative estimate of drug-likeness (QED) is 0.545. The summed E-state index contributed by atoms with van der Waals surface area (Å²) < 4.78 is 22.2. The highest BCUT2D eigenvalue weighted by Crippen LogP contribution is 2.49. The molecule has 24 heavy (non-hydrogen) atoms. The van der Waals surface area contributed by atoms with Crippen molar-refractivity contribution in [3.8, 4) is 11.5 Å². The zero-order valence-electron chi connectivity index (χ0n) is 13.5. The zero-order chi connectivity index (χ0) is 17.5. The molecule has 2 heterocycles. The minimum Gasteiger partial charge on any atom is -0.493 e. The van der Waals surface area contributed by atoms with Gasteiger partial charge < -0.3 is 39.4 Å². The van der Waals surface area contributed by atoms with E-state index in [4.69, 9.17) is 18.9 Å². The first kappa shape index (κ1) is 17.4. The van der Waals surface area contributed by atoms with Gasteiger partial charge in [-0.15, -0.1) is 0 Å². The number of methoxy groups -OCH3 is 2. The lowest BCUT2D eigenvalue weighted by molar-refractivity contribution is -0.247. The second kappa shape index (κ2) is 6.47. The lowest BCUT2D eigenvalue weighted by Crippen LogP contribution is -2.51. The predicted octanol–water partition coefficient (Wildman–Crippen LogP) is -0.881. The van der Waals surface area contributed by atoms with E-state index in [0.29, 0.717) is 17.1 Å². The predicted molar refractivity (Wildman–Crippen MR) is 80.7 cm³/mol. The molecule has 1 aromatic carbocycles. The summed E-state index contributed by atoms with van der Waals surface area (Å²) in [4.78, 5) is 0. The Morgan fingerprint density at radius 1 is 1.21 bits per heavy atom. The highest BCUT2D eigenvalue weighted by Gasteiger charge is 2.59. The van der Waals surface area contributed by atoms with Gasteiger partial charge in [0.1, 0.15) is 24.4 Å². The normalized spacial score (nSPS) is 36.4. The van der Waals surface area contributed by atoms with Crippen LogP contribution in [0.5, 0.6) is 11.5 Å². The number of aliphatic hydroxyl groups is 4. The van der Waals surface area contributed by atoms with Crippen molar-refractivity contribution in [3.05, 3.63) is 23.8 Å². The summed E-state index contributed by atoms with van der Waals surface area (Å²) in [6.07, 6.45) is -5.48. The van der Waals surface area contributed by atoms with Crippen molar-refractivity contribution in [3.63, 3.8) is 0 Å². The molecule has 0 aromatic heterocycles. The van der Waals surface area contributed by atoms with Crippen molar-refractivity contribution < 1.29 is 39.4 Å². The second-order valence-electron chi connectivity index (χ2n) is 6.00. The van der Waals surface area contributed by atoms with Crippen molar-refractivity contribution in [2.45, 2.75) is 42.7 Å². The van der Waals surface area contributed by atoms with Gasteiger partial charge in [-0.3, -0.25) is 0 Å². The zero-order valence-corrected chi connectivity index (χ0v) is 13.5. The molecule has 0 amide bonds. The molecule has 134 valence electrons. The molecule has 4 N–H and O–H groups in total. The molecular weight excluding hydrogens is 320 g/mol. The summed E-state index contributed by atoms with van der Waals surface area (Å²) >= 11 is 0. The SMILES string of the molecule is COc1ccc([C@@]23C[C@@H](O)[C@@H](O)[C@H](O2)C([C@H](O)CO)O3)cc1OC. The van der Waals surface area contributed by atoms with Crippen molar-refractivity contribution in [2.24, 2.45) is 0 Å². The topological polar surface area (TPSA) is 118 Å². The van der Waals surface area contributed by atoms with Crippen LogP contribution >= 0.6 is 0 Å². The fraction of sp³-hybridized carbons (Fsp3) is 0.625. The Morgan fingerprint density at radius 2 is 1.92 bits per heavy atom. The molecule has 0 radical (unpaired) electrons. The van der Waals surface area contributed by atoms with Gasteiger partial charge in [0.15, 0.2) is 17.3 Å². The van der Waals surface area contributed by atoms with Crippen LogP contribution in [0.3, 0.4) is 0 Å². The summed E-state index contributed by atoms with van der Waals surface area (Å²) in [5, 5.41) is 39.5. The van der Waals surface area contributed by atoms with E-state index in [1.165, 1.54) is 14.2 Å². The Hall–Kier alpha value is -1.42. The summed E-state index contributed by atoms with van der Waals surface area (Å²) in [6, 6.07) is 5.04. The van der Waals surface area contributed by atoms with Crippen molar-refractivity contribution in [2.75, 3.05) is 20.8 Å². The smallest absolute Gasteiger partial charge is 0.198 e. The molecule has 2 aliphatic heterocycles. The van der Waals surface area contributed by atoms with Gasteiger partial charge in [0.25, 0.3) is 0 Å². The van der Waals surface area contributed by atoms with Gasteiger partial charge in [0.05, 0.1) is 26.9 Å². The van der Waals surface area contributed by atoms with Gasteiger partial charge in [-0.1, -0.05) is 0 Å². The number of benzene rings is 1. The van der Waals surface area contributed by atoms with E-state index < -0.39 is 42.9 Å². The first-order valence-corrected chi connectivity index (χ1v) is 7.69. The van der Waals surface area contributed by atoms with Gasteiger partial charge in [0, 0.05) is 12.0 Å². The van der Waals surface area contributed by atoms with Crippen LogP contribution in [0.25, 0.3) is 0 Å². The van der Waals surface area contributed by atoms with Crippen LogP contribution in [0.15, 0.2) is 18.2 Å². The average molecular weight is 342 g/mol. The molecule has 2 aliphatic rings. The van der Waals surface area contributed by atoms with Gasteiger partial charge in [-0.25, -0.2) is 0 Å². The van der Waals surface area contributed by atoms with Gasteiger partial charge >= 0.3 is 0 Å². The maximum absolute atomic E-state index is 10.2. The average Bonchev–Trinajstić information content (AvgIpc) is 2.95. The summed E-state index contributed by atoms with van der Waals surface area (Å²) in [6.45, 7) is -0.546. The molecule has 0 aliphatic carbocycles. The van der Waals surface area contributed by atoms with Crippen LogP contribution < -0.4 is 9.47 Å². The summed E-state index contributed by atoms with van der Waals surface area (Å²) in [5.74, 6) is -0.362. The number of hydrogen-bond donors (Lipinski definition) is 4. The molecule has 6 atom stereocenters. The molecular formula is C16H22O8. The Morgan fingerprint density at radius 3 is 2.54 bits per heavy atom. The third-order valence-corrected chi connectivity index (χ3v) is 4.58. The third-order valence-electron chi connectivity index (χ3n) is 4.58. The van der Waals surface area contributed by atoms with Crippen molar-refractivity contribution in [1.29, 1.82) is 0 Å². The van der Waals surface area contributed by atoms with E-state index in [2.05, 4.69) is 0 Å². The number of aliphatic hydroxyl groups excluding tert-OH is 4. The van der Waals surface area contributed by atoms with Crippen LogP contribution in [0.2, 0.25) is 0 Å². The first-order valence-electron chi connectivity index (χ1n) is 7.69. The minimum absolute atomic E-state index is 0.0190. The molecule has 3 rings (SSSR count). The Labute approximate surface area is 139 Å². The second-order valence-corrected chi connectivity index (χ2v) is 6.00. The fourth-order valence-electron chi connectivity index (χ4n) is 3.31. The largest absolute Gasteiger partial charge is 0.493 e. The number of fused-ring (bicyclic) bond motifs is 2. The van der Waals surface area contributed by atoms with E-state index >= 15 is 0 Å². The fourth-order valence-corrected chi connectivity index (χ4v) is 3.31. The maximum atomic E-state index is 10.2. The minimum atomic E-state index is -1.34. The van der Waals surface area contributed by atoms with E-state index in [-0.39, 0.29) is 6.42 Å². The Balaban J connectivity index is 2.00. The van der Waals surface area contributed by atoms with Gasteiger partial charge in [-0.05, 0) is 18.2 Å². The molecule has 8 heteroatoms. The Bertz CT molecular complexity index is 593. The van der Waals surface area contributed by atoms with Crippen molar-refractivity contribution >= 4 is 0 Å². The van der Waals surface area contributed by atoms with Gasteiger partial charge in [0.2, 0.25) is 0 Å². The van der Waals surface area contributed by atoms with E-state index in [0.717, 1.165) is 0 Å². The first-order chi connectivity index (χ1) is 11.5. The molecule has 2 fully saturated rings. The van der Waals surface area contributed by atoms with Crippen LogP contribution in [-0.2, 0) is 15.3 Å². The van der Waals surface area contributed by atoms with Crippen molar-refractivity contribution in [1.82, 2.24) is 0 Å². The molecule has 2 bridgehead atoms. The number of rotatable bonds is 5. The van der Waals surface area contributed by atoms with Crippen LogP contribution in [0.1, 0.15) is 12.0 Å².